The van der Waals surface area contributed by atoms with Gasteiger partial charge in [0, 0.05) is 12.3 Å². The predicted molar refractivity (Wildman–Crippen MR) is 70.9 cm³/mol. The molecule has 0 saturated heterocycles. The Morgan fingerprint density at radius 2 is 2.22 bits per heavy atom. The standard InChI is InChI=1S/C16H21FO/c1-2-12-5-3-7-14(9-12)16(18)11-13-6-4-8-15(17)10-13/h4,6,8,10,12,14H,2-3,5,7,9,11H2,1H3. The first kappa shape index (κ1) is 13.3. The average molecular weight is 248 g/mol. The molecule has 1 nitrogen and oxygen atoms in total. The molecule has 0 bridgehead atoms. The number of Topliss-reactive ketones (excluding diaryl/α,β-unsaturated/α-hetero) is 1. The van der Waals surface area contributed by atoms with Crippen molar-refractivity contribution in [1.29, 1.82) is 0 Å². The predicted octanol–water partition coefficient (Wildman–Crippen LogP) is 4.15. The Morgan fingerprint density at radius 3 is 2.94 bits per heavy atom. The van der Waals surface area contributed by atoms with Crippen LogP contribution in [0.4, 0.5) is 4.39 Å². The third-order valence-electron chi connectivity index (χ3n) is 4.08. The van der Waals surface area contributed by atoms with Crippen LogP contribution in [0.25, 0.3) is 0 Å². The van der Waals surface area contributed by atoms with Gasteiger partial charge >= 0.3 is 0 Å². The van der Waals surface area contributed by atoms with E-state index in [1.54, 1.807) is 6.07 Å². The third-order valence-corrected chi connectivity index (χ3v) is 4.08. The highest BCUT2D eigenvalue weighted by Crippen LogP contribution is 2.32. The summed E-state index contributed by atoms with van der Waals surface area (Å²) in [5.41, 5.74) is 0.804. The normalized spacial score (nSPS) is 23.9. The smallest absolute Gasteiger partial charge is 0.140 e. The molecule has 0 N–H and O–H groups in total. The first-order valence-electron chi connectivity index (χ1n) is 6.96. The lowest BCUT2D eigenvalue weighted by Gasteiger charge is -2.27. The molecule has 1 aromatic carbocycles. The first-order chi connectivity index (χ1) is 8.69. The van der Waals surface area contributed by atoms with Crippen molar-refractivity contribution >= 4 is 5.78 Å². The number of hydrogen-bond acceptors (Lipinski definition) is 1. The highest BCUT2D eigenvalue weighted by molar-refractivity contribution is 5.83. The Kier molecular flexibility index (Phi) is 4.51. The zero-order chi connectivity index (χ0) is 13.0. The van der Waals surface area contributed by atoms with Crippen molar-refractivity contribution in [3.05, 3.63) is 35.6 Å². The molecule has 0 amide bonds. The Bertz CT molecular complexity index is 413. The number of ketones is 1. The second kappa shape index (κ2) is 6.12. The summed E-state index contributed by atoms with van der Waals surface area (Å²) in [7, 11) is 0. The van der Waals surface area contributed by atoms with Crippen molar-refractivity contribution in [2.75, 3.05) is 0 Å². The minimum atomic E-state index is -0.254. The average Bonchev–Trinajstić information content (AvgIpc) is 2.39. The maximum Gasteiger partial charge on any atom is 0.140 e. The topological polar surface area (TPSA) is 17.1 Å². The van der Waals surface area contributed by atoms with Crippen LogP contribution in [-0.4, -0.2) is 5.78 Å². The zero-order valence-corrected chi connectivity index (χ0v) is 11.0. The monoisotopic (exact) mass is 248 g/mol. The molecule has 2 heteroatoms. The molecule has 0 heterocycles. The van der Waals surface area contributed by atoms with Crippen LogP contribution >= 0.6 is 0 Å². The molecular weight excluding hydrogens is 227 g/mol. The van der Waals surface area contributed by atoms with Gasteiger partial charge in [-0.25, -0.2) is 4.39 Å². The van der Waals surface area contributed by atoms with Crippen LogP contribution in [0.1, 0.15) is 44.6 Å². The van der Waals surface area contributed by atoms with Crippen LogP contribution in [0.3, 0.4) is 0 Å². The Hall–Kier alpha value is -1.18. The van der Waals surface area contributed by atoms with Gasteiger partial charge in [0.25, 0.3) is 0 Å². The highest BCUT2D eigenvalue weighted by atomic mass is 19.1. The van der Waals surface area contributed by atoms with Gasteiger partial charge in [0.15, 0.2) is 0 Å². The molecule has 98 valence electrons. The largest absolute Gasteiger partial charge is 0.299 e. The SMILES string of the molecule is CCC1CCCC(C(=O)Cc2cccc(F)c2)C1. The summed E-state index contributed by atoms with van der Waals surface area (Å²) in [5.74, 6) is 0.946. The summed E-state index contributed by atoms with van der Waals surface area (Å²) >= 11 is 0. The lowest BCUT2D eigenvalue weighted by molar-refractivity contribution is -0.123. The van der Waals surface area contributed by atoms with Gasteiger partial charge in [-0.2, -0.15) is 0 Å². The Balaban J connectivity index is 1.95. The minimum Gasteiger partial charge on any atom is -0.299 e. The van der Waals surface area contributed by atoms with E-state index in [2.05, 4.69) is 6.92 Å². The fourth-order valence-electron chi connectivity index (χ4n) is 2.95. The van der Waals surface area contributed by atoms with Gasteiger partial charge in [-0.1, -0.05) is 38.3 Å². The van der Waals surface area contributed by atoms with Crippen LogP contribution in [0.5, 0.6) is 0 Å². The van der Waals surface area contributed by atoms with Crippen molar-refractivity contribution in [3.63, 3.8) is 0 Å². The fourth-order valence-corrected chi connectivity index (χ4v) is 2.95. The van der Waals surface area contributed by atoms with Crippen LogP contribution in [0.2, 0.25) is 0 Å². The summed E-state index contributed by atoms with van der Waals surface area (Å²) < 4.78 is 13.1. The quantitative estimate of drug-likeness (QED) is 0.782. The molecule has 1 aliphatic carbocycles. The van der Waals surface area contributed by atoms with Crippen LogP contribution in [0, 0.1) is 17.7 Å². The van der Waals surface area contributed by atoms with Crippen molar-refractivity contribution in [2.45, 2.75) is 45.4 Å². The molecule has 0 aromatic heterocycles. The number of rotatable bonds is 4. The van der Waals surface area contributed by atoms with E-state index in [1.165, 1.54) is 25.0 Å². The molecule has 2 atom stereocenters. The maximum absolute atomic E-state index is 13.1. The highest BCUT2D eigenvalue weighted by Gasteiger charge is 2.26. The fraction of sp³-hybridized carbons (Fsp3) is 0.562. The van der Waals surface area contributed by atoms with Gasteiger partial charge in [-0.15, -0.1) is 0 Å². The molecule has 0 radical (unpaired) electrons. The number of carbonyl (C=O) groups is 1. The summed E-state index contributed by atoms with van der Waals surface area (Å²) in [6.45, 7) is 2.20. The van der Waals surface area contributed by atoms with E-state index >= 15 is 0 Å². The molecule has 1 aliphatic rings. The Labute approximate surface area is 108 Å². The van der Waals surface area contributed by atoms with Crippen molar-refractivity contribution in [3.8, 4) is 0 Å². The van der Waals surface area contributed by atoms with E-state index in [0.717, 1.165) is 24.8 Å². The molecule has 1 aromatic rings. The van der Waals surface area contributed by atoms with E-state index in [1.807, 2.05) is 6.07 Å². The molecule has 18 heavy (non-hydrogen) atoms. The van der Waals surface area contributed by atoms with Gasteiger partial charge in [-0.3, -0.25) is 4.79 Å². The molecule has 2 rings (SSSR count). The maximum atomic E-state index is 13.1. The third kappa shape index (κ3) is 3.41. The number of benzene rings is 1. The van der Waals surface area contributed by atoms with Crippen molar-refractivity contribution < 1.29 is 9.18 Å². The number of halogens is 1. The lowest BCUT2D eigenvalue weighted by Crippen LogP contribution is -2.24. The molecular formula is C16H21FO. The molecule has 2 unspecified atom stereocenters. The van der Waals surface area contributed by atoms with E-state index in [-0.39, 0.29) is 11.7 Å². The Morgan fingerprint density at radius 1 is 1.39 bits per heavy atom. The van der Waals surface area contributed by atoms with E-state index < -0.39 is 0 Å². The van der Waals surface area contributed by atoms with Gasteiger partial charge in [0.05, 0.1) is 0 Å². The van der Waals surface area contributed by atoms with E-state index in [0.29, 0.717) is 18.1 Å². The summed E-state index contributed by atoms with van der Waals surface area (Å²) in [5, 5.41) is 0. The molecule has 0 spiro atoms. The molecule has 1 saturated carbocycles. The van der Waals surface area contributed by atoms with Crippen molar-refractivity contribution in [1.82, 2.24) is 0 Å². The van der Waals surface area contributed by atoms with Gasteiger partial charge in [0.2, 0.25) is 0 Å². The minimum absolute atomic E-state index is 0.201. The van der Waals surface area contributed by atoms with Crippen LogP contribution in [0.15, 0.2) is 24.3 Å². The molecule has 1 fully saturated rings. The summed E-state index contributed by atoms with van der Waals surface area (Å²) in [6.07, 6.45) is 6.04. The number of hydrogen-bond donors (Lipinski definition) is 0. The van der Waals surface area contributed by atoms with E-state index in [9.17, 15) is 9.18 Å². The van der Waals surface area contributed by atoms with Crippen LogP contribution < -0.4 is 0 Å². The molecule has 0 aliphatic heterocycles. The summed E-state index contributed by atoms with van der Waals surface area (Å²) in [6, 6.07) is 6.40. The second-order valence-corrected chi connectivity index (χ2v) is 5.41. The van der Waals surface area contributed by atoms with Crippen molar-refractivity contribution in [2.24, 2.45) is 11.8 Å². The van der Waals surface area contributed by atoms with Gasteiger partial charge in [-0.05, 0) is 36.5 Å². The number of carbonyl (C=O) groups excluding carboxylic acids is 1. The van der Waals surface area contributed by atoms with E-state index in [4.69, 9.17) is 0 Å². The van der Waals surface area contributed by atoms with Crippen LogP contribution in [-0.2, 0) is 11.2 Å². The summed E-state index contributed by atoms with van der Waals surface area (Å²) in [4.78, 5) is 12.2. The lowest BCUT2D eigenvalue weighted by atomic mass is 9.77. The zero-order valence-electron chi connectivity index (χ0n) is 11.0. The first-order valence-corrected chi connectivity index (χ1v) is 6.96. The second-order valence-electron chi connectivity index (χ2n) is 5.41. The van der Waals surface area contributed by atoms with Gasteiger partial charge in [0.1, 0.15) is 11.6 Å². The van der Waals surface area contributed by atoms with Gasteiger partial charge < -0.3 is 0 Å².